The third-order valence-corrected chi connectivity index (χ3v) is 1.99. The van der Waals surface area contributed by atoms with Crippen molar-refractivity contribution in [3.8, 4) is 6.07 Å². The summed E-state index contributed by atoms with van der Waals surface area (Å²) in [6.07, 6.45) is 0.875. The van der Waals surface area contributed by atoms with E-state index in [2.05, 4.69) is 39.7 Å². The van der Waals surface area contributed by atoms with E-state index in [1.807, 2.05) is 6.07 Å². The zero-order chi connectivity index (χ0) is 9.14. The molecule has 0 fully saturated rings. The minimum Gasteiger partial charge on any atom is -0.336 e. The highest BCUT2D eigenvalue weighted by atomic mass is 79.9. The van der Waals surface area contributed by atoms with E-state index in [4.69, 9.17) is 5.26 Å². The van der Waals surface area contributed by atoms with Crippen LogP contribution in [0.1, 0.15) is 25.4 Å². The lowest BCUT2D eigenvalue weighted by Crippen LogP contribution is -1.95. The van der Waals surface area contributed by atoms with Crippen molar-refractivity contribution in [2.45, 2.75) is 20.3 Å². The Bertz CT molecular complexity index is 309. The monoisotopic (exact) mass is 227 g/mol. The predicted molar refractivity (Wildman–Crippen MR) is 49.5 cm³/mol. The summed E-state index contributed by atoms with van der Waals surface area (Å²) in [5, 5.41) is 8.60. The van der Waals surface area contributed by atoms with Crippen LogP contribution in [0.2, 0.25) is 0 Å². The quantitative estimate of drug-likeness (QED) is 0.843. The normalized spacial score (nSPS) is 10.2. The molecule has 64 valence electrons. The second-order valence-corrected chi connectivity index (χ2v) is 3.85. The molecule has 0 bridgehead atoms. The number of aromatic nitrogens is 2. The van der Waals surface area contributed by atoms with Gasteiger partial charge in [-0.25, -0.2) is 4.98 Å². The Labute approximate surface area is 79.9 Å². The van der Waals surface area contributed by atoms with Gasteiger partial charge in [0.2, 0.25) is 0 Å². The van der Waals surface area contributed by atoms with Crippen molar-refractivity contribution in [2.24, 2.45) is 5.92 Å². The van der Waals surface area contributed by atoms with Gasteiger partial charge in [0.15, 0.2) is 5.69 Å². The third kappa shape index (κ3) is 2.08. The minimum absolute atomic E-state index is 0.436. The van der Waals surface area contributed by atoms with Crippen molar-refractivity contribution in [3.05, 3.63) is 16.1 Å². The number of nitrogens with one attached hydrogen (secondary N) is 1. The average molecular weight is 228 g/mol. The molecule has 0 aliphatic heterocycles. The molecular formula is C8H10BrN3. The fourth-order valence-corrected chi connectivity index (χ4v) is 1.36. The third-order valence-electron chi connectivity index (χ3n) is 1.42. The van der Waals surface area contributed by atoms with E-state index in [1.54, 1.807) is 0 Å². The number of nitriles is 1. The van der Waals surface area contributed by atoms with E-state index in [9.17, 15) is 0 Å². The largest absolute Gasteiger partial charge is 0.336 e. The van der Waals surface area contributed by atoms with Gasteiger partial charge in [-0.05, 0) is 21.8 Å². The second kappa shape index (κ2) is 3.72. The maximum atomic E-state index is 8.60. The Morgan fingerprint density at radius 2 is 2.33 bits per heavy atom. The van der Waals surface area contributed by atoms with Gasteiger partial charge in [-0.2, -0.15) is 5.26 Å². The van der Waals surface area contributed by atoms with Crippen molar-refractivity contribution >= 4 is 15.9 Å². The Balaban J connectivity index is 2.84. The fourth-order valence-electron chi connectivity index (χ4n) is 0.955. The molecule has 0 spiro atoms. The van der Waals surface area contributed by atoms with Gasteiger partial charge in [-0.3, -0.25) is 0 Å². The van der Waals surface area contributed by atoms with Crippen LogP contribution < -0.4 is 0 Å². The van der Waals surface area contributed by atoms with Gasteiger partial charge < -0.3 is 4.98 Å². The molecule has 0 unspecified atom stereocenters. The molecular weight excluding hydrogens is 218 g/mol. The van der Waals surface area contributed by atoms with Crippen LogP contribution in [0.3, 0.4) is 0 Å². The summed E-state index contributed by atoms with van der Waals surface area (Å²) in [6.45, 7) is 4.23. The Morgan fingerprint density at radius 3 is 2.75 bits per heavy atom. The number of halogens is 1. The lowest BCUT2D eigenvalue weighted by molar-refractivity contribution is 0.625. The van der Waals surface area contributed by atoms with Crippen LogP contribution in [0.4, 0.5) is 0 Å². The summed E-state index contributed by atoms with van der Waals surface area (Å²) in [5.74, 6) is 1.42. The molecule has 0 atom stereocenters. The smallest absolute Gasteiger partial charge is 0.173 e. The zero-order valence-electron chi connectivity index (χ0n) is 7.06. The number of imidazole rings is 1. The van der Waals surface area contributed by atoms with Crippen LogP contribution >= 0.6 is 15.9 Å². The number of aromatic amines is 1. The molecule has 1 aromatic heterocycles. The van der Waals surface area contributed by atoms with E-state index < -0.39 is 0 Å². The van der Waals surface area contributed by atoms with Crippen LogP contribution in [-0.2, 0) is 6.42 Å². The topological polar surface area (TPSA) is 52.5 Å². The Hall–Kier alpha value is -0.820. The first-order valence-corrected chi connectivity index (χ1v) is 4.57. The first-order chi connectivity index (χ1) is 5.63. The van der Waals surface area contributed by atoms with Gasteiger partial charge in [0.1, 0.15) is 16.5 Å². The molecule has 0 saturated heterocycles. The predicted octanol–water partition coefficient (Wildman–Crippen LogP) is 2.24. The maximum absolute atomic E-state index is 8.60. The Kier molecular flexibility index (Phi) is 2.88. The molecule has 0 aliphatic rings. The standard InChI is InChI=1S/C8H10BrN3/c1-5(2)3-7-11-6(4-10)8(9)12-7/h5H,3H2,1-2H3,(H,11,12). The number of nitrogens with zero attached hydrogens (tertiary/aromatic N) is 2. The summed E-state index contributed by atoms with van der Waals surface area (Å²) >= 11 is 3.23. The van der Waals surface area contributed by atoms with Crippen molar-refractivity contribution < 1.29 is 0 Å². The van der Waals surface area contributed by atoms with Crippen molar-refractivity contribution in [1.29, 1.82) is 5.26 Å². The summed E-state index contributed by atoms with van der Waals surface area (Å²) in [6, 6.07) is 2.00. The van der Waals surface area contributed by atoms with E-state index in [-0.39, 0.29) is 0 Å². The number of rotatable bonds is 2. The fraction of sp³-hybridized carbons (Fsp3) is 0.500. The number of H-pyrrole nitrogens is 1. The first kappa shape index (κ1) is 9.27. The second-order valence-electron chi connectivity index (χ2n) is 3.06. The van der Waals surface area contributed by atoms with Gasteiger partial charge >= 0.3 is 0 Å². The van der Waals surface area contributed by atoms with Crippen LogP contribution in [-0.4, -0.2) is 9.97 Å². The molecule has 1 aromatic rings. The first-order valence-electron chi connectivity index (χ1n) is 3.78. The van der Waals surface area contributed by atoms with E-state index >= 15 is 0 Å². The van der Waals surface area contributed by atoms with Gasteiger partial charge in [-0.15, -0.1) is 0 Å². The van der Waals surface area contributed by atoms with Crippen LogP contribution in [0, 0.1) is 17.2 Å². The van der Waals surface area contributed by atoms with Gasteiger partial charge in [0, 0.05) is 6.42 Å². The lowest BCUT2D eigenvalue weighted by Gasteiger charge is -1.98. The molecule has 3 nitrogen and oxygen atoms in total. The van der Waals surface area contributed by atoms with Crippen molar-refractivity contribution in [2.75, 3.05) is 0 Å². The molecule has 0 saturated carbocycles. The molecule has 1 rings (SSSR count). The Morgan fingerprint density at radius 1 is 1.67 bits per heavy atom. The molecule has 0 aliphatic carbocycles. The zero-order valence-corrected chi connectivity index (χ0v) is 8.64. The number of hydrogen-bond donors (Lipinski definition) is 1. The lowest BCUT2D eigenvalue weighted by atomic mass is 10.1. The average Bonchev–Trinajstić information content (AvgIpc) is 2.29. The summed E-state index contributed by atoms with van der Waals surface area (Å²) in [4.78, 5) is 7.11. The highest BCUT2D eigenvalue weighted by Gasteiger charge is 2.07. The summed E-state index contributed by atoms with van der Waals surface area (Å²) in [7, 11) is 0. The van der Waals surface area contributed by atoms with Crippen molar-refractivity contribution in [3.63, 3.8) is 0 Å². The van der Waals surface area contributed by atoms with Crippen LogP contribution in [0.15, 0.2) is 4.60 Å². The molecule has 1 heterocycles. The van der Waals surface area contributed by atoms with Gasteiger partial charge in [0.25, 0.3) is 0 Å². The molecule has 0 aromatic carbocycles. The van der Waals surface area contributed by atoms with Gasteiger partial charge in [-0.1, -0.05) is 13.8 Å². The van der Waals surface area contributed by atoms with E-state index in [0.717, 1.165) is 12.2 Å². The highest BCUT2D eigenvalue weighted by molar-refractivity contribution is 9.10. The SMILES string of the molecule is CC(C)Cc1nc(C#N)c(Br)[nH]1. The summed E-state index contributed by atoms with van der Waals surface area (Å²) in [5.41, 5.74) is 0.436. The number of hydrogen-bond acceptors (Lipinski definition) is 2. The highest BCUT2D eigenvalue weighted by Crippen LogP contribution is 2.14. The molecule has 0 radical (unpaired) electrons. The van der Waals surface area contributed by atoms with E-state index in [0.29, 0.717) is 16.2 Å². The van der Waals surface area contributed by atoms with Crippen molar-refractivity contribution in [1.82, 2.24) is 9.97 Å². The molecule has 1 N–H and O–H groups in total. The van der Waals surface area contributed by atoms with Crippen LogP contribution in [0.25, 0.3) is 0 Å². The molecule has 12 heavy (non-hydrogen) atoms. The summed E-state index contributed by atoms with van der Waals surface area (Å²) < 4.78 is 0.681. The molecule has 4 heteroatoms. The minimum atomic E-state index is 0.436. The molecule has 0 amide bonds. The van der Waals surface area contributed by atoms with Gasteiger partial charge in [0.05, 0.1) is 0 Å². The maximum Gasteiger partial charge on any atom is 0.173 e. The van der Waals surface area contributed by atoms with Crippen LogP contribution in [0.5, 0.6) is 0 Å². The van der Waals surface area contributed by atoms with E-state index in [1.165, 1.54) is 0 Å².